The average Bonchev–Trinajstić information content (AvgIpc) is 2.75. The molecule has 1 aliphatic heterocycles. The Hall–Kier alpha value is -1.91. The summed E-state index contributed by atoms with van der Waals surface area (Å²) in [5, 5.41) is 0. The van der Waals surface area contributed by atoms with Crippen LogP contribution in [0.25, 0.3) is 0 Å². The van der Waals surface area contributed by atoms with Gasteiger partial charge in [-0.3, -0.25) is 0 Å². The van der Waals surface area contributed by atoms with E-state index < -0.39 is 0 Å². The highest BCUT2D eigenvalue weighted by Gasteiger charge is 2.20. The van der Waals surface area contributed by atoms with Crippen molar-refractivity contribution in [3.05, 3.63) is 23.8 Å². The summed E-state index contributed by atoms with van der Waals surface area (Å²) in [7, 11) is 3.21. The molecule has 0 bridgehead atoms. The van der Waals surface area contributed by atoms with Crippen molar-refractivity contribution < 1.29 is 14.2 Å². The molecule has 0 spiro atoms. The first-order valence-corrected chi connectivity index (χ1v) is 4.92. The molecule has 1 aliphatic rings. The number of aliphatic imine (C=N–C) groups is 1. The topological polar surface area (TPSA) is 66.1 Å². The second-order valence-electron chi connectivity index (χ2n) is 3.41. The summed E-state index contributed by atoms with van der Waals surface area (Å²) in [6, 6.07) is 5.84. The molecule has 0 saturated carbocycles. The van der Waals surface area contributed by atoms with E-state index in [-0.39, 0.29) is 12.1 Å². The van der Waals surface area contributed by atoms with Crippen LogP contribution in [0.1, 0.15) is 11.6 Å². The summed E-state index contributed by atoms with van der Waals surface area (Å²) in [5.41, 5.74) is 6.46. The van der Waals surface area contributed by atoms with Gasteiger partial charge in [-0.15, -0.1) is 0 Å². The molecule has 0 aromatic heterocycles. The first kappa shape index (κ1) is 10.6. The Labute approximate surface area is 93.8 Å². The molecule has 0 saturated heterocycles. The quantitative estimate of drug-likeness (QED) is 0.831. The van der Waals surface area contributed by atoms with Gasteiger partial charge in [0.1, 0.15) is 12.6 Å². The van der Waals surface area contributed by atoms with Crippen LogP contribution in [0.4, 0.5) is 0 Å². The van der Waals surface area contributed by atoms with E-state index in [2.05, 4.69) is 4.99 Å². The fourth-order valence-electron chi connectivity index (χ4n) is 1.62. The van der Waals surface area contributed by atoms with Crippen molar-refractivity contribution in [3.8, 4) is 11.5 Å². The molecular weight excluding hydrogens is 208 g/mol. The van der Waals surface area contributed by atoms with Crippen LogP contribution in [0.2, 0.25) is 0 Å². The van der Waals surface area contributed by atoms with E-state index in [1.807, 2.05) is 18.2 Å². The van der Waals surface area contributed by atoms with Crippen LogP contribution in [0, 0.1) is 0 Å². The highest BCUT2D eigenvalue weighted by molar-refractivity contribution is 5.73. The highest BCUT2D eigenvalue weighted by Crippen LogP contribution is 2.32. The van der Waals surface area contributed by atoms with E-state index in [1.54, 1.807) is 14.2 Å². The summed E-state index contributed by atoms with van der Waals surface area (Å²) in [5.74, 6) is 1.38. The summed E-state index contributed by atoms with van der Waals surface area (Å²) in [6.07, 6.45) is 0. The van der Waals surface area contributed by atoms with Crippen molar-refractivity contribution in [2.24, 2.45) is 10.7 Å². The van der Waals surface area contributed by atoms with Gasteiger partial charge < -0.3 is 19.9 Å². The predicted molar refractivity (Wildman–Crippen MR) is 59.9 cm³/mol. The maximum Gasteiger partial charge on any atom is 0.282 e. The number of methoxy groups -OCH3 is 2. The molecule has 16 heavy (non-hydrogen) atoms. The molecule has 1 atom stereocenters. The molecule has 86 valence electrons. The van der Waals surface area contributed by atoms with E-state index in [0.29, 0.717) is 18.1 Å². The van der Waals surface area contributed by atoms with Gasteiger partial charge in [-0.05, 0) is 17.7 Å². The predicted octanol–water partition coefficient (Wildman–Crippen LogP) is 1.09. The van der Waals surface area contributed by atoms with Gasteiger partial charge in [-0.2, -0.15) is 0 Å². The molecule has 0 amide bonds. The number of amidine groups is 1. The fourth-order valence-corrected chi connectivity index (χ4v) is 1.62. The molecular formula is C11H14N2O3. The lowest BCUT2D eigenvalue weighted by atomic mass is 10.1. The van der Waals surface area contributed by atoms with Gasteiger partial charge >= 0.3 is 0 Å². The number of rotatable bonds is 3. The minimum atomic E-state index is -0.0557. The Morgan fingerprint density at radius 2 is 2.06 bits per heavy atom. The van der Waals surface area contributed by atoms with Gasteiger partial charge in [0, 0.05) is 0 Å². The number of benzene rings is 1. The van der Waals surface area contributed by atoms with Crippen molar-refractivity contribution >= 4 is 6.02 Å². The van der Waals surface area contributed by atoms with Gasteiger partial charge in [-0.25, -0.2) is 4.99 Å². The summed E-state index contributed by atoms with van der Waals surface area (Å²) < 4.78 is 15.5. The molecule has 5 nitrogen and oxygen atoms in total. The van der Waals surface area contributed by atoms with Gasteiger partial charge in [0.15, 0.2) is 11.5 Å². The lowest BCUT2D eigenvalue weighted by Gasteiger charge is -2.11. The maximum atomic E-state index is 5.46. The molecule has 5 heteroatoms. The lowest BCUT2D eigenvalue weighted by Crippen LogP contribution is -2.10. The van der Waals surface area contributed by atoms with Crippen molar-refractivity contribution in [2.75, 3.05) is 20.8 Å². The van der Waals surface area contributed by atoms with Gasteiger partial charge in [0.25, 0.3) is 6.02 Å². The molecule has 1 aromatic carbocycles. The first-order valence-electron chi connectivity index (χ1n) is 4.92. The number of ether oxygens (including phenoxy) is 3. The zero-order chi connectivity index (χ0) is 11.5. The van der Waals surface area contributed by atoms with Crippen molar-refractivity contribution in [1.29, 1.82) is 0 Å². The number of hydrogen-bond donors (Lipinski definition) is 1. The average molecular weight is 222 g/mol. The number of nitrogens with two attached hydrogens (primary N) is 1. The number of nitrogens with zero attached hydrogens (tertiary/aromatic N) is 1. The van der Waals surface area contributed by atoms with Crippen LogP contribution in [-0.2, 0) is 4.74 Å². The number of hydrogen-bond acceptors (Lipinski definition) is 5. The zero-order valence-electron chi connectivity index (χ0n) is 9.27. The maximum absolute atomic E-state index is 5.46. The largest absolute Gasteiger partial charge is 0.493 e. The molecule has 0 fully saturated rings. The van der Waals surface area contributed by atoms with E-state index in [4.69, 9.17) is 19.9 Å². The van der Waals surface area contributed by atoms with Gasteiger partial charge in [0.2, 0.25) is 0 Å². The van der Waals surface area contributed by atoms with Crippen molar-refractivity contribution in [1.82, 2.24) is 0 Å². The van der Waals surface area contributed by atoms with Gasteiger partial charge in [-0.1, -0.05) is 6.07 Å². The second-order valence-corrected chi connectivity index (χ2v) is 3.41. The van der Waals surface area contributed by atoms with Crippen molar-refractivity contribution in [3.63, 3.8) is 0 Å². The standard InChI is InChI=1S/C11H14N2O3/c1-14-9-4-3-7(5-10(9)15-2)8-6-16-11(12)13-8/h3-5,8H,6H2,1-2H3,(H2,12,13). The van der Waals surface area contributed by atoms with E-state index in [1.165, 1.54) is 0 Å². The molecule has 1 unspecified atom stereocenters. The Kier molecular flexibility index (Phi) is 2.85. The Bertz CT molecular complexity index is 418. The lowest BCUT2D eigenvalue weighted by molar-refractivity contribution is 0.314. The van der Waals surface area contributed by atoms with Crippen LogP contribution < -0.4 is 15.2 Å². The Morgan fingerprint density at radius 3 is 2.62 bits per heavy atom. The van der Waals surface area contributed by atoms with E-state index in [9.17, 15) is 0 Å². The third-order valence-corrected chi connectivity index (χ3v) is 2.46. The van der Waals surface area contributed by atoms with Crippen LogP contribution in [0.3, 0.4) is 0 Å². The Morgan fingerprint density at radius 1 is 1.31 bits per heavy atom. The molecule has 1 aromatic rings. The molecule has 0 aliphatic carbocycles. The van der Waals surface area contributed by atoms with Crippen LogP contribution in [0.15, 0.2) is 23.2 Å². The summed E-state index contributed by atoms with van der Waals surface area (Å²) >= 11 is 0. The van der Waals surface area contributed by atoms with Crippen LogP contribution in [0.5, 0.6) is 11.5 Å². The Balaban J connectivity index is 2.29. The molecule has 2 rings (SSSR count). The van der Waals surface area contributed by atoms with Gasteiger partial charge in [0.05, 0.1) is 14.2 Å². The van der Waals surface area contributed by atoms with E-state index >= 15 is 0 Å². The molecule has 2 N–H and O–H groups in total. The second kappa shape index (κ2) is 4.30. The highest BCUT2D eigenvalue weighted by atomic mass is 16.5. The normalized spacial score (nSPS) is 18.9. The fraction of sp³-hybridized carbons (Fsp3) is 0.364. The minimum Gasteiger partial charge on any atom is -0.493 e. The van der Waals surface area contributed by atoms with Crippen LogP contribution >= 0.6 is 0 Å². The van der Waals surface area contributed by atoms with E-state index in [0.717, 1.165) is 5.56 Å². The third-order valence-electron chi connectivity index (χ3n) is 2.46. The first-order chi connectivity index (χ1) is 7.74. The molecule has 1 heterocycles. The minimum absolute atomic E-state index is 0.0557. The smallest absolute Gasteiger partial charge is 0.282 e. The van der Waals surface area contributed by atoms with Crippen LogP contribution in [-0.4, -0.2) is 26.8 Å². The third kappa shape index (κ3) is 1.88. The monoisotopic (exact) mass is 222 g/mol. The SMILES string of the molecule is COc1ccc(C2COC(N)=N2)cc1OC. The summed E-state index contributed by atoms with van der Waals surface area (Å²) in [6.45, 7) is 0.474. The zero-order valence-corrected chi connectivity index (χ0v) is 9.27. The van der Waals surface area contributed by atoms with Crippen molar-refractivity contribution in [2.45, 2.75) is 6.04 Å². The summed E-state index contributed by atoms with van der Waals surface area (Å²) in [4.78, 5) is 4.17. The molecule has 0 radical (unpaired) electrons.